The molecule has 3 rings (SSSR count). The van der Waals surface area contributed by atoms with Crippen LogP contribution in [0.3, 0.4) is 0 Å². The van der Waals surface area contributed by atoms with E-state index in [9.17, 15) is 0 Å². The summed E-state index contributed by atoms with van der Waals surface area (Å²) >= 11 is 0. The summed E-state index contributed by atoms with van der Waals surface area (Å²) in [6, 6.07) is 19.9. The maximum atomic E-state index is 8.36. The number of rotatable bonds is 8. The first-order valence-electron chi connectivity index (χ1n) is 9.98. The number of nitrogens with zero attached hydrogens (tertiary/aromatic N) is 1. The van der Waals surface area contributed by atoms with Crippen molar-refractivity contribution in [2.45, 2.75) is 39.0 Å². The highest BCUT2D eigenvalue weighted by Gasteiger charge is 2.24. The number of allylic oxidation sites excluding steroid dienone is 1. The van der Waals surface area contributed by atoms with Gasteiger partial charge in [-0.2, -0.15) is 0 Å². The van der Waals surface area contributed by atoms with E-state index in [0.29, 0.717) is 5.92 Å². The molecule has 0 aliphatic heterocycles. The van der Waals surface area contributed by atoms with Crippen molar-refractivity contribution in [1.82, 2.24) is 5.32 Å². The fraction of sp³-hybridized carbons (Fsp3) is 0.391. The van der Waals surface area contributed by atoms with E-state index in [1.807, 2.05) is 0 Å². The third-order valence-corrected chi connectivity index (χ3v) is 4.99. The van der Waals surface area contributed by atoms with Crippen LogP contribution in [0, 0.1) is 16.0 Å². The van der Waals surface area contributed by atoms with Crippen LogP contribution in [0.5, 0.6) is 0 Å². The third kappa shape index (κ3) is 7.16. The van der Waals surface area contributed by atoms with Crippen LogP contribution in [0.4, 0.5) is 0 Å². The molecule has 0 amide bonds. The lowest BCUT2D eigenvalue weighted by Gasteiger charge is -2.16. The number of hydrogen-bond donors (Lipinski definition) is 2. The number of fused-ring (bicyclic) bond motifs is 1. The number of nitrogens with one attached hydrogen (secondary N) is 1. The maximum absolute atomic E-state index is 8.36. The molecule has 5 nitrogen and oxygen atoms in total. The molecule has 0 saturated heterocycles. The van der Waals surface area contributed by atoms with Gasteiger partial charge in [0.25, 0.3) is 5.09 Å². The van der Waals surface area contributed by atoms with Gasteiger partial charge in [-0.15, -0.1) is 10.1 Å². The molecule has 28 heavy (non-hydrogen) atoms. The van der Waals surface area contributed by atoms with Crippen LogP contribution in [-0.2, 0) is 12.8 Å². The van der Waals surface area contributed by atoms with Gasteiger partial charge in [-0.05, 0) is 67.0 Å². The lowest BCUT2D eigenvalue weighted by Crippen LogP contribution is -2.16. The summed E-state index contributed by atoms with van der Waals surface area (Å²) in [4.78, 5) is 8.36. The highest BCUT2D eigenvalue weighted by Crippen LogP contribution is 2.36. The molecular weight excluding hydrogens is 352 g/mol. The van der Waals surface area contributed by atoms with Gasteiger partial charge in [0.15, 0.2) is 0 Å². The van der Waals surface area contributed by atoms with Crippen LogP contribution in [-0.4, -0.2) is 23.4 Å². The molecule has 0 unspecified atom stereocenters. The van der Waals surface area contributed by atoms with Gasteiger partial charge in [0.05, 0.1) is 0 Å². The molecule has 2 aromatic rings. The van der Waals surface area contributed by atoms with Gasteiger partial charge in [-0.3, -0.25) is 0 Å². The van der Waals surface area contributed by atoms with E-state index in [0.717, 1.165) is 19.5 Å². The van der Waals surface area contributed by atoms with E-state index in [1.165, 1.54) is 47.9 Å². The molecule has 0 radical (unpaired) electrons. The highest BCUT2D eigenvalue weighted by molar-refractivity contribution is 5.69. The van der Waals surface area contributed by atoms with E-state index in [1.54, 1.807) is 0 Å². The van der Waals surface area contributed by atoms with Crippen molar-refractivity contribution in [3.05, 3.63) is 87.5 Å². The lowest BCUT2D eigenvalue weighted by molar-refractivity contribution is -0.742. The molecule has 0 spiro atoms. The molecule has 0 saturated carbocycles. The Morgan fingerprint density at radius 2 is 1.68 bits per heavy atom. The van der Waals surface area contributed by atoms with Gasteiger partial charge in [0, 0.05) is 0 Å². The zero-order chi connectivity index (χ0) is 20.2. The van der Waals surface area contributed by atoms with Crippen molar-refractivity contribution < 1.29 is 10.3 Å². The first-order chi connectivity index (χ1) is 13.6. The fourth-order valence-corrected chi connectivity index (χ4v) is 3.69. The normalized spacial score (nSPS) is 13.5. The van der Waals surface area contributed by atoms with Crippen LogP contribution in [0.25, 0.3) is 5.57 Å². The van der Waals surface area contributed by atoms with Crippen molar-refractivity contribution >= 4 is 5.57 Å². The van der Waals surface area contributed by atoms with Crippen molar-refractivity contribution in [1.29, 1.82) is 0 Å². The van der Waals surface area contributed by atoms with Crippen molar-refractivity contribution in [3.63, 3.8) is 0 Å². The summed E-state index contributed by atoms with van der Waals surface area (Å²) < 4.78 is 0. The third-order valence-electron chi connectivity index (χ3n) is 4.99. The number of hydrogen-bond acceptors (Lipinski definition) is 3. The fourth-order valence-electron chi connectivity index (χ4n) is 3.69. The standard InChI is InChI=1S/C23H29N.HNO3/c1-2-3-15-24-16-9-14-23(19-10-5-4-6-11-19)22-17-20-12-7-8-13-21(20)18-22;2-1(3)4/h4-8,10-14,22,24H,2-3,9,15-18H2,1H3;(H,2,3,4)/b23-14-;. The Balaban J connectivity index is 0.000000640. The van der Waals surface area contributed by atoms with Crippen LogP contribution in [0.15, 0.2) is 60.7 Å². The minimum Gasteiger partial charge on any atom is -0.328 e. The van der Waals surface area contributed by atoms with E-state index < -0.39 is 5.09 Å². The molecular formula is C23H30N2O3. The minimum absolute atomic E-state index is 0.625. The van der Waals surface area contributed by atoms with Crippen molar-refractivity contribution in [2.24, 2.45) is 5.92 Å². The molecule has 0 fully saturated rings. The van der Waals surface area contributed by atoms with Gasteiger partial charge in [-0.25, -0.2) is 0 Å². The SMILES string of the molecule is CCCCNCC/C=C(/c1ccccc1)C1Cc2ccccc2C1.O=[N+]([O-])O. The predicted molar refractivity (Wildman–Crippen MR) is 113 cm³/mol. The van der Waals surface area contributed by atoms with Crippen LogP contribution < -0.4 is 5.32 Å². The van der Waals surface area contributed by atoms with Gasteiger partial charge >= 0.3 is 0 Å². The van der Waals surface area contributed by atoms with Crippen LogP contribution >= 0.6 is 0 Å². The molecule has 0 bridgehead atoms. The molecule has 1 aliphatic rings. The average Bonchev–Trinajstić information content (AvgIpc) is 3.11. The summed E-state index contributed by atoms with van der Waals surface area (Å²) in [7, 11) is 0. The second-order valence-electron chi connectivity index (χ2n) is 7.03. The Morgan fingerprint density at radius 3 is 2.25 bits per heavy atom. The summed E-state index contributed by atoms with van der Waals surface area (Å²) in [5.74, 6) is 0.625. The molecule has 150 valence electrons. The van der Waals surface area contributed by atoms with Gasteiger partial charge in [-0.1, -0.05) is 74.0 Å². The molecule has 0 atom stereocenters. The highest BCUT2D eigenvalue weighted by atomic mass is 16.9. The topological polar surface area (TPSA) is 75.4 Å². The Hall–Kier alpha value is -2.66. The molecule has 1 aliphatic carbocycles. The zero-order valence-corrected chi connectivity index (χ0v) is 16.5. The molecule has 5 heteroatoms. The van der Waals surface area contributed by atoms with Gasteiger partial charge < -0.3 is 10.5 Å². The minimum atomic E-state index is -1.50. The van der Waals surface area contributed by atoms with Gasteiger partial charge in [0.1, 0.15) is 0 Å². The molecule has 0 heterocycles. The molecule has 2 aromatic carbocycles. The predicted octanol–water partition coefficient (Wildman–Crippen LogP) is 4.92. The van der Waals surface area contributed by atoms with E-state index in [4.69, 9.17) is 15.3 Å². The lowest BCUT2D eigenvalue weighted by atomic mass is 9.89. The number of benzene rings is 2. The summed E-state index contributed by atoms with van der Waals surface area (Å²) in [6.45, 7) is 4.46. The Bertz CT molecular complexity index is 730. The summed E-state index contributed by atoms with van der Waals surface area (Å²) in [5, 5.41) is 17.2. The average molecular weight is 383 g/mol. The monoisotopic (exact) mass is 382 g/mol. The van der Waals surface area contributed by atoms with Crippen LogP contribution in [0.1, 0.15) is 42.9 Å². The van der Waals surface area contributed by atoms with E-state index in [2.05, 4.69) is 72.9 Å². The maximum Gasteiger partial charge on any atom is 0.291 e. The Kier molecular flexibility index (Phi) is 9.22. The largest absolute Gasteiger partial charge is 0.328 e. The summed E-state index contributed by atoms with van der Waals surface area (Å²) in [6.07, 6.45) is 8.48. The smallest absolute Gasteiger partial charge is 0.291 e. The second kappa shape index (κ2) is 11.9. The quantitative estimate of drug-likeness (QED) is 0.386. The zero-order valence-electron chi connectivity index (χ0n) is 16.5. The van der Waals surface area contributed by atoms with Gasteiger partial charge in [0.2, 0.25) is 0 Å². The summed E-state index contributed by atoms with van der Waals surface area (Å²) in [5.41, 5.74) is 5.99. The van der Waals surface area contributed by atoms with Crippen LogP contribution in [0.2, 0.25) is 0 Å². The Labute approximate surface area is 167 Å². The molecule has 2 N–H and O–H groups in total. The molecule has 0 aromatic heterocycles. The first-order valence-corrected chi connectivity index (χ1v) is 9.98. The number of unbranched alkanes of at least 4 members (excludes halogenated alkanes) is 1. The first kappa shape index (κ1) is 21.6. The second-order valence-corrected chi connectivity index (χ2v) is 7.03. The van der Waals surface area contributed by atoms with Crippen molar-refractivity contribution in [2.75, 3.05) is 13.1 Å². The van der Waals surface area contributed by atoms with Crippen molar-refractivity contribution in [3.8, 4) is 0 Å². The van der Waals surface area contributed by atoms with E-state index in [-0.39, 0.29) is 0 Å². The van der Waals surface area contributed by atoms with E-state index >= 15 is 0 Å². The Morgan fingerprint density at radius 1 is 1.11 bits per heavy atom.